The van der Waals surface area contributed by atoms with Gasteiger partial charge in [0.2, 0.25) is 0 Å². The molecule has 2 aromatic rings. The molecule has 0 spiro atoms. The average Bonchev–Trinajstić information content (AvgIpc) is 2.62. The third-order valence-electron chi connectivity index (χ3n) is 3.60. The first kappa shape index (κ1) is 21.1. The third-order valence-corrected chi connectivity index (χ3v) is 3.60. The number of nitriles is 1. The van der Waals surface area contributed by atoms with Crippen LogP contribution in [0.4, 0.5) is 27.6 Å². The van der Waals surface area contributed by atoms with Crippen LogP contribution in [0, 0.1) is 23.0 Å². The molecule has 28 heavy (non-hydrogen) atoms. The highest BCUT2D eigenvalue weighted by molar-refractivity contribution is 5.97. The van der Waals surface area contributed by atoms with Crippen LogP contribution in [0.3, 0.4) is 0 Å². The second-order valence-electron chi connectivity index (χ2n) is 5.96. The van der Waals surface area contributed by atoms with Crippen molar-refractivity contribution in [1.29, 1.82) is 5.26 Å². The number of anilines is 1. The second kappa shape index (κ2) is 7.82. The minimum Gasteiger partial charge on any atom is -0.490 e. The molecular formula is C18H13F5N2O3. The molecule has 0 bridgehead atoms. The van der Waals surface area contributed by atoms with Crippen molar-refractivity contribution >= 4 is 11.6 Å². The van der Waals surface area contributed by atoms with Crippen molar-refractivity contribution in [2.75, 3.05) is 11.9 Å². The Morgan fingerprint density at radius 1 is 1.18 bits per heavy atom. The van der Waals surface area contributed by atoms with Crippen molar-refractivity contribution in [2.45, 2.75) is 18.7 Å². The van der Waals surface area contributed by atoms with E-state index in [1.807, 2.05) is 5.32 Å². The van der Waals surface area contributed by atoms with Crippen molar-refractivity contribution in [3.8, 4) is 11.8 Å². The van der Waals surface area contributed by atoms with Crippen LogP contribution in [-0.2, 0) is 11.0 Å². The first-order valence-corrected chi connectivity index (χ1v) is 7.67. The number of alkyl halides is 3. The molecule has 0 saturated heterocycles. The number of nitrogens with zero attached hydrogens (tertiary/aromatic N) is 1. The van der Waals surface area contributed by atoms with E-state index < -0.39 is 47.2 Å². The molecule has 2 rings (SSSR count). The quantitative estimate of drug-likeness (QED) is 0.751. The number of carbonyl (C=O) groups excluding carboxylic acids is 1. The highest BCUT2D eigenvalue weighted by atomic mass is 19.4. The van der Waals surface area contributed by atoms with Gasteiger partial charge in [0.05, 0.1) is 22.9 Å². The number of ether oxygens (including phenoxy) is 1. The van der Waals surface area contributed by atoms with Crippen LogP contribution in [0.5, 0.6) is 5.75 Å². The lowest BCUT2D eigenvalue weighted by Gasteiger charge is -2.23. The van der Waals surface area contributed by atoms with E-state index in [1.54, 1.807) is 6.07 Å². The summed E-state index contributed by atoms with van der Waals surface area (Å²) in [5.41, 5.74) is -4.50. The smallest absolute Gasteiger partial charge is 0.418 e. The Labute approximate surface area is 156 Å². The summed E-state index contributed by atoms with van der Waals surface area (Å²) in [4.78, 5) is 12.2. The van der Waals surface area contributed by atoms with E-state index in [1.165, 1.54) is 0 Å². The molecule has 0 aliphatic heterocycles. The molecule has 0 saturated carbocycles. The summed E-state index contributed by atoms with van der Waals surface area (Å²) in [5, 5.41) is 20.9. The molecule has 5 nitrogen and oxygen atoms in total. The molecule has 2 N–H and O–H groups in total. The van der Waals surface area contributed by atoms with Crippen LogP contribution in [-0.4, -0.2) is 23.2 Å². The fourth-order valence-electron chi connectivity index (χ4n) is 2.07. The largest absolute Gasteiger partial charge is 0.490 e. The molecule has 1 amide bonds. The highest BCUT2D eigenvalue weighted by Gasteiger charge is 2.37. The maximum atomic E-state index is 13.1. The lowest BCUT2D eigenvalue weighted by Crippen LogP contribution is -2.45. The summed E-state index contributed by atoms with van der Waals surface area (Å²) in [5.74, 6) is -3.77. The van der Waals surface area contributed by atoms with E-state index in [4.69, 9.17) is 10.00 Å². The van der Waals surface area contributed by atoms with Crippen molar-refractivity contribution in [1.82, 2.24) is 0 Å². The van der Waals surface area contributed by atoms with Gasteiger partial charge in [-0.3, -0.25) is 4.79 Å². The number of hydrogen-bond donors (Lipinski definition) is 2. The van der Waals surface area contributed by atoms with Crippen LogP contribution in [0.15, 0.2) is 36.4 Å². The monoisotopic (exact) mass is 400 g/mol. The van der Waals surface area contributed by atoms with E-state index in [9.17, 15) is 31.9 Å². The molecule has 1 atom stereocenters. The number of nitrogens with one attached hydrogen (secondary N) is 1. The number of benzene rings is 2. The Morgan fingerprint density at radius 3 is 2.43 bits per heavy atom. The number of aliphatic hydroxyl groups is 1. The van der Waals surface area contributed by atoms with Crippen LogP contribution < -0.4 is 10.1 Å². The maximum absolute atomic E-state index is 13.1. The number of carbonyl (C=O) groups is 1. The summed E-state index contributed by atoms with van der Waals surface area (Å²) in [6, 6.07) is 6.57. The molecule has 0 heterocycles. The normalized spacial score (nSPS) is 13.4. The molecular weight excluding hydrogens is 387 g/mol. The van der Waals surface area contributed by atoms with Gasteiger partial charge in [0.25, 0.3) is 5.91 Å². The zero-order valence-corrected chi connectivity index (χ0v) is 14.3. The number of halogens is 5. The Hall–Kier alpha value is -3.19. The van der Waals surface area contributed by atoms with Crippen LogP contribution >= 0.6 is 0 Å². The number of hydrogen-bond acceptors (Lipinski definition) is 4. The van der Waals surface area contributed by atoms with Crippen LogP contribution in [0.2, 0.25) is 0 Å². The van der Waals surface area contributed by atoms with Crippen LogP contribution in [0.1, 0.15) is 18.1 Å². The summed E-state index contributed by atoms with van der Waals surface area (Å²) >= 11 is 0. The van der Waals surface area contributed by atoms with Crippen molar-refractivity contribution < 1.29 is 36.6 Å². The van der Waals surface area contributed by atoms with E-state index in [0.29, 0.717) is 12.1 Å². The van der Waals surface area contributed by atoms with Crippen molar-refractivity contribution in [3.05, 3.63) is 59.2 Å². The van der Waals surface area contributed by atoms with Gasteiger partial charge in [-0.25, -0.2) is 8.78 Å². The Balaban J connectivity index is 2.16. The van der Waals surface area contributed by atoms with E-state index in [2.05, 4.69) is 0 Å². The molecule has 0 aliphatic carbocycles. The van der Waals surface area contributed by atoms with Gasteiger partial charge in [0, 0.05) is 6.07 Å². The standard InChI is InChI=1S/C18H13F5N2O3/c1-17(27,9-28-11-3-4-13(19)14(20)7-11)16(26)25-15-5-2-10(8-24)6-12(15)18(21,22)23/h2-7,27H,9H2,1H3,(H,25,26). The zero-order valence-electron chi connectivity index (χ0n) is 14.3. The molecule has 0 aliphatic rings. The molecule has 0 aromatic heterocycles. The average molecular weight is 400 g/mol. The molecule has 10 heteroatoms. The Kier molecular flexibility index (Phi) is 5.89. The van der Waals surface area contributed by atoms with Gasteiger partial charge in [0.1, 0.15) is 12.4 Å². The van der Waals surface area contributed by atoms with Gasteiger partial charge in [-0.2, -0.15) is 18.4 Å². The van der Waals surface area contributed by atoms with Crippen molar-refractivity contribution in [3.63, 3.8) is 0 Å². The summed E-state index contributed by atoms with van der Waals surface area (Å²) in [6.45, 7) is 0.223. The molecule has 0 fully saturated rings. The summed E-state index contributed by atoms with van der Waals surface area (Å²) < 4.78 is 70.4. The van der Waals surface area contributed by atoms with Crippen LogP contribution in [0.25, 0.3) is 0 Å². The first-order chi connectivity index (χ1) is 12.9. The van der Waals surface area contributed by atoms with Crippen molar-refractivity contribution in [2.24, 2.45) is 0 Å². The Bertz CT molecular complexity index is 936. The molecule has 2 aromatic carbocycles. The fourth-order valence-corrected chi connectivity index (χ4v) is 2.07. The van der Waals surface area contributed by atoms with Gasteiger partial charge in [-0.1, -0.05) is 0 Å². The lowest BCUT2D eigenvalue weighted by molar-refractivity contribution is -0.137. The highest BCUT2D eigenvalue weighted by Crippen LogP contribution is 2.35. The predicted octanol–water partition coefficient (Wildman–Crippen LogP) is 3.62. The first-order valence-electron chi connectivity index (χ1n) is 7.67. The lowest BCUT2D eigenvalue weighted by atomic mass is 10.1. The second-order valence-corrected chi connectivity index (χ2v) is 5.96. The SMILES string of the molecule is CC(O)(COc1ccc(F)c(F)c1)C(=O)Nc1ccc(C#N)cc1C(F)(F)F. The van der Waals surface area contributed by atoms with Gasteiger partial charge in [-0.15, -0.1) is 0 Å². The Morgan fingerprint density at radius 2 is 1.86 bits per heavy atom. The zero-order chi connectivity index (χ0) is 21.1. The maximum Gasteiger partial charge on any atom is 0.418 e. The van der Waals surface area contributed by atoms with Gasteiger partial charge >= 0.3 is 6.18 Å². The molecule has 1 unspecified atom stereocenters. The number of amides is 1. The topological polar surface area (TPSA) is 82.3 Å². The van der Waals surface area contributed by atoms with Gasteiger partial charge in [-0.05, 0) is 37.3 Å². The van der Waals surface area contributed by atoms with E-state index in [-0.39, 0.29) is 11.3 Å². The summed E-state index contributed by atoms with van der Waals surface area (Å²) in [6.07, 6.45) is -4.86. The minimum absolute atomic E-state index is 0.193. The fraction of sp³-hybridized carbons (Fsp3) is 0.222. The van der Waals surface area contributed by atoms with Gasteiger partial charge in [0.15, 0.2) is 17.2 Å². The number of rotatable bonds is 5. The van der Waals surface area contributed by atoms with E-state index >= 15 is 0 Å². The predicted molar refractivity (Wildman–Crippen MR) is 87.3 cm³/mol. The minimum atomic E-state index is -4.86. The molecule has 148 valence electrons. The van der Waals surface area contributed by atoms with E-state index in [0.717, 1.165) is 31.2 Å². The van der Waals surface area contributed by atoms with Gasteiger partial charge < -0.3 is 15.2 Å². The third kappa shape index (κ3) is 4.95. The summed E-state index contributed by atoms with van der Waals surface area (Å²) in [7, 11) is 0. The molecule has 0 radical (unpaired) electrons.